The smallest absolute Gasteiger partial charge is 0.337 e. The number of carbonyl (C=O) groups is 1. The Bertz CT molecular complexity index is 571. The van der Waals surface area contributed by atoms with E-state index in [-0.39, 0.29) is 16.1 Å². The number of fused-ring (bicyclic) bond motifs is 1. The monoisotopic (exact) mass is 239 g/mol. The molecule has 0 amide bonds. The van der Waals surface area contributed by atoms with Gasteiger partial charge >= 0.3 is 5.97 Å². The Balaban J connectivity index is 2.66. The molecule has 82 valence electrons. The van der Waals surface area contributed by atoms with E-state index in [0.29, 0.717) is 5.52 Å². The van der Waals surface area contributed by atoms with Crippen LogP contribution in [0.5, 0.6) is 0 Å². The molecule has 0 aliphatic carbocycles. The van der Waals surface area contributed by atoms with Crippen LogP contribution in [-0.2, 0) is 4.74 Å². The second-order valence-corrected chi connectivity index (χ2v) is 3.54. The van der Waals surface area contributed by atoms with Gasteiger partial charge in [-0.15, -0.1) is 0 Å². The van der Waals surface area contributed by atoms with Crippen LogP contribution >= 0.6 is 11.6 Å². The Kier molecular flexibility index (Phi) is 2.75. The quantitative estimate of drug-likeness (QED) is 0.567. The van der Waals surface area contributed by atoms with Crippen LogP contribution in [0.15, 0.2) is 24.3 Å². The molecule has 16 heavy (non-hydrogen) atoms. The van der Waals surface area contributed by atoms with E-state index in [2.05, 4.69) is 9.72 Å². The average Bonchev–Trinajstić information content (AvgIpc) is 2.27. The van der Waals surface area contributed by atoms with E-state index in [0.717, 1.165) is 6.07 Å². The highest BCUT2D eigenvalue weighted by Gasteiger charge is 2.09. The third kappa shape index (κ3) is 1.84. The van der Waals surface area contributed by atoms with Gasteiger partial charge in [-0.1, -0.05) is 11.6 Å². The Morgan fingerprint density at radius 1 is 1.44 bits per heavy atom. The van der Waals surface area contributed by atoms with Gasteiger partial charge in [0.25, 0.3) is 0 Å². The fraction of sp³-hybridized carbons (Fsp3) is 0.0909. The van der Waals surface area contributed by atoms with Crippen LogP contribution in [0.2, 0.25) is 5.15 Å². The van der Waals surface area contributed by atoms with Crippen LogP contribution in [0.25, 0.3) is 10.9 Å². The third-order valence-electron chi connectivity index (χ3n) is 2.15. The summed E-state index contributed by atoms with van der Waals surface area (Å²) in [5.41, 5.74) is 0.677. The van der Waals surface area contributed by atoms with Crippen molar-refractivity contribution in [1.82, 2.24) is 4.98 Å². The summed E-state index contributed by atoms with van der Waals surface area (Å²) < 4.78 is 18.1. The minimum absolute atomic E-state index is 0.0795. The summed E-state index contributed by atoms with van der Waals surface area (Å²) in [7, 11) is 1.27. The molecule has 0 fully saturated rings. The maximum absolute atomic E-state index is 13.5. The van der Waals surface area contributed by atoms with Crippen LogP contribution in [0.4, 0.5) is 4.39 Å². The first-order valence-corrected chi connectivity index (χ1v) is 4.84. The molecule has 1 aromatic heterocycles. The highest BCUT2D eigenvalue weighted by Crippen LogP contribution is 2.21. The second kappa shape index (κ2) is 4.06. The van der Waals surface area contributed by atoms with Crippen molar-refractivity contribution in [2.45, 2.75) is 0 Å². The summed E-state index contributed by atoms with van der Waals surface area (Å²) >= 11 is 5.61. The number of methoxy groups -OCH3 is 1. The first-order valence-electron chi connectivity index (χ1n) is 4.46. The fourth-order valence-corrected chi connectivity index (χ4v) is 1.59. The highest BCUT2D eigenvalue weighted by molar-refractivity contribution is 6.29. The molecule has 0 atom stereocenters. The number of halogens is 2. The molecule has 0 spiro atoms. The van der Waals surface area contributed by atoms with Gasteiger partial charge in [0, 0.05) is 11.5 Å². The summed E-state index contributed by atoms with van der Waals surface area (Å²) in [6.45, 7) is 0. The maximum atomic E-state index is 13.5. The molecule has 1 aromatic carbocycles. The Morgan fingerprint density at radius 2 is 2.19 bits per heavy atom. The minimum Gasteiger partial charge on any atom is -0.465 e. The van der Waals surface area contributed by atoms with Crippen molar-refractivity contribution in [3.8, 4) is 0 Å². The predicted octanol–water partition coefficient (Wildman–Crippen LogP) is 2.81. The fourth-order valence-electron chi connectivity index (χ4n) is 1.40. The second-order valence-electron chi connectivity index (χ2n) is 3.15. The lowest BCUT2D eigenvalue weighted by molar-refractivity contribution is 0.0601. The van der Waals surface area contributed by atoms with Gasteiger partial charge in [-0.2, -0.15) is 0 Å². The van der Waals surface area contributed by atoms with Crippen molar-refractivity contribution in [3.63, 3.8) is 0 Å². The molecule has 0 aliphatic heterocycles. The zero-order valence-electron chi connectivity index (χ0n) is 8.33. The number of rotatable bonds is 1. The van der Waals surface area contributed by atoms with Gasteiger partial charge in [-0.05, 0) is 18.2 Å². The zero-order chi connectivity index (χ0) is 11.7. The van der Waals surface area contributed by atoms with Crippen molar-refractivity contribution < 1.29 is 13.9 Å². The van der Waals surface area contributed by atoms with E-state index in [1.165, 1.54) is 25.3 Å². The lowest BCUT2D eigenvalue weighted by atomic mass is 10.1. The molecular formula is C11H7ClFNO2. The number of hydrogen-bond acceptors (Lipinski definition) is 3. The highest BCUT2D eigenvalue weighted by atomic mass is 35.5. The molecule has 1 heterocycles. The molecule has 2 aromatic rings. The summed E-state index contributed by atoms with van der Waals surface area (Å²) in [5.74, 6) is -1.03. The third-order valence-corrected chi connectivity index (χ3v) is 2.34. The molecule has 2 rings (SSSR count). The lowest BCUT2D eigenvalue weighted by Gasteiger charge is -2.03. The summed E-state index contributed by atoms with van der Waals surface area (Å²) in [6, 6.07) is 5.53. The van der Waals surface area contributed by atoms with E-state index in [9.17, 15) is 9.18 Å². The predicted molar refractivity (Wildman–Crippen MR) is 58.1 cm³/mol. The Morgan fingerprint density at radius 3 is 2.88 bits per heavy atom. The number of esters is 1. The van der Waals surface area contributed by atoms with Gasteiger partial charge < -0.3 is 4.74 Å². The number of hydrogen-bond donors (Lipinski definition) is 0. The first-order chi connectivity index (χ1) is 7.61. The zero-order valence-corrected chi connectivity index (χ0v) is 9.08. The van der Waals surface area contributed by atoms with E-state index in [4.69, 9.17) is 11.6 Å². The van der Waals surface area contributed by atoms with Gasteiger partial charge in [0.1, 0.15) is 11.0 Å². The van der Waals surface area contributed by atoms with Crippen LogP contribution in [0, 0.1) is 5.82 Å². The molecule has 0 radical (unpaired) electrons. The number of nitrogens with zero attached hydrogens (tertiary/aromatic N) is 1. The van der Waals surface area contributed by atoms with E-state index in [1.807, 2.05) is 0 Å². The Hall–Kier alpha value is -1.68. The lowest BCUT2D eigenvalue weighted by Crippen LogP contribution is -2.01. The van der Waals surface area contributed by atoms with Gasteiger partial charge in [0.15, 0.2) is 0 Å². The molecular weight excluding hydrogens is 233 g/mol. The molecule has 0 bridgehead atoms. The summed E-state index contributed by atoms with van der Waals surface area (Å²) in [4.78, 5) is 15.2. The molecule has 0 N–H and O–H groups in total. The van der Waals surface area contributed by atoms with Crippen molar-refractivity contribution in [1.29, 1.82) is 0 Å². The first kappa shape index (κ1) is 10.8. The van der Waals surface area contributed by atoms with Crippen LogP contribution < -0.4 is 0 Å². The summed E-state index contributed by atoms with van der Waals surface area (Å²) in [5, 5.41) is 0.322. The molecule has 5 heteroatoms. The van der Waals surface area contributed by atoms with Gasteiger partial charge in [0.2, 0.25) is 0 Å². The van der Waals surface area contributed by atoms with Crippen LogP contribution in [0.3, 0.4) is 0 Å². The van der Waals surface area contributed by atoms with Crippen molar-refractivity contribution >= 4 is 28.5 Å². The molecule has 0 aliphatic rings. The molecule has 0 saturated carbocycles. The van der Waals surface area contributed by atoms with Crippen molar-refractivity contribution in [2.24, 2.45) is 0 Å². The van der Waals surface area contributed by atoms with Crippen molar-refractivity contribution in [3.05, 3.63) is 40.8 Å². The standard InChI is InChI=1S/C11H7ClFNO2/c1-16-11(15)6-2-3-9-7(4-6)8(13)5-10(12)14-9/h2-5H,1H3. The number of aromatic nitrogens is 1. The van der Waals surface area contributed by atoms with Crippen LogP contribution in [-0.4, -0.2) is 18.1 Å². The number of benzene rings is 1. The van der Waals surface area contributed by atoms with Gasteiger partial charge in [0.05, 0.1) is 18.2 Å². The Labute approximate surface area is 95.8 Å². The summed E-state index contributed by atoms with van der Waals surface area (Å²) in [6.07, 6.45) is 0. The number of pyridine rings is 1. The number of carbonyl (C=O) groups excluding carboxylic acids is 1. The van der Waals surface area contributed by atoms with E-state index in [1.54, 1.807) is 0 Å². The molecule has 3 nitrogen and oxygen atoms in total. The molecule has 0 unspecified atom stereocenters. The van der Waals surface area contributed by atoms with E-state index >= 15 is 0 Å². The van der Waals surface area contributed by atoms with E-state index < -0.39 is 11.8 Å². The van der Waals surface area contributed by atoms with Crippen molar-refractivity contribution in [2.75, 3.05) is 7.11 Å². The molecule has 0 saturated heterocycles. The topological polar surface area (TPSA) is 39.2 Å². The SMILES string of the molecule is COC(=O)c1ccc2nc(Cl)cc(F)c2c1. The van der Waals surface area contributed by atoms with Gasteiger partial charge in [-0.3, -0.25) is 0 Å². The normalized spacial score (nSPS) is 10.4. The largest absolute Gasteiger partial charge is 0.465 e. The minimum atomic E-state index is -0.517. The van der Waals surface area contributed by atoms with Gasteiger partial charge in [-0.25, -0.2) is 14.2 Å². The maximum Gasteiger partial charge on any atom is 0.337 e. The average molecular weight is 240 g/mol. The van der Waals surface area contributed by atoms with Crippen LogP contribution in [0.1, 0.15) is 10.4 Å². The number of ether oxygens (including phenoxy) is 1.